The van der Waals surface area contributed by atoms with Crippen LogP contribution >= 0.6 is 11.6 Å². The van der Waals surface area contributed by atoms with E-state index < -0.39 is 0 Å². The van der Waals surface area contributed by atoms with E-state index in [-0.39, 0.29) is 0 Å². The molecule has 0 aromatic heterocycles. The highest BCUT2D eigenvalue weighted by Gasteiger charge is 2.55. The molecular weight excluding hydrogens is 306 g/mol. The number of rotatable bonds is 4. The Morgan fingerprint density at radius 2 is 2.00 bits per heavy atom. The molecule has 0 bridgehead atoms. The number of halogens is 1. The van der Waals surface area contributed by atoms with Gasteiger partial charge in [-0.05, 0) is 35.8 Å². The standard InChI is InChI=1S/C19H26ClN3/c1-12(2)8-22-9-14-15(10-22)16(14)11-23-7-3-4-13-18(23)6-5-17(20)19(13)21/h3-6,12,14-16H,7-11,21H2,1-2H3. The normalized spacial score (nSPS) is 29.0. The molecule has 23 heavy (non-hydrogen) atoms. The van der Waals surface area contributed by atoms with Gasteiger partial charge in [-0.3, -0.25) is 0 Å². The fourth-order valence-corrected chi connectivity index (χ4v) is 4.71. The number of nitrogens with two attached hydrogens (primary N) is 1. The Hall–Kier alpha value is -1.19. The fraction of sp³-hybridized carbons (Fsp3) is 0.579. The number of piperidine rings is 1. The van der Waals surface area contributed by atoms with Crippen molar-refractivity contribution in [3.63, 3.8) is 0 Å². The van der Waals surface area contributed by atoms with Crippen LogP contribution in [0, 0.1) is 23.7 Å². The number of anilines is 2. The molecule has 0 spiro atoms. The van der Waals surface area contributed by atoms with Crippen LogP contribution in [0.1, 0.15) is 19.4 Å². The summed E-state index contributed by atoms with van der Waals surface area (Å²) in [4.78, 5) is 5.14. The van der Waals surface area contributed by atoms with Gasteiger partial charge in [-0.1, -0.05) is 37.6 Å². The molecule has 2 N–H and O–H groups in total. The molecule has 2 atom stereocenters. The minimum absolute atomic E-state index is 0.655. The van der Waals surface area contributed by atoms with Crippen molar-refractivity contribution in [3.05, 3.63) is 28.8 Å². The summed E-state index contributed by atoms with van der Waals surface area (Å²) in [5.74, 6) is 3.45. The summed E-state index contributed by atoms with van der Waals surface area (Å²) < 4.78 is 0. The molecule has 1 aliphatic carbocycles. The molecule has 1 saturated carbocycles. The van der Waals surface area contributed by atoms with Crippen LogP contribution in [0.4, 0.5) is 11.4 Å². The lowest BCUT2D eigenvalue weighted by atomic mass is 10.0. The van der Waals surface area contributed by atoms with Gasteiger partial charge in [0.05, 0.1) is 10.7 Å². The van der Waals surface area contributed by atoms with Crippen LogP contribution in [0.5, 0.6) is 0 Å². The lowest BCUT2D eigenvalue weighted by Gasteiger charge is -2.30. The molecule has 4 rings (SSSR count). The van der Waals surface area contributed by atoms with Gasteiger partial charge in [-0.15, -0.1) is 0 Å². The second-order valence-corrected chi connectivity index (χ2v) is 8.21. The maximum atomic E-state index is 6.16. The van der Waals surface area contributed by atoms with E-state index in [0.717, 1.165) is 42.3 Å². The van der Waals surface area contributed by atoms with Gasteiger partial charge >= 0.3 is 0 Å². The highest BCUT2D eigenvalue weighted by Crippen LogP contribution is 2.52. The van der Waals surface area contributed by atoms with Crippen molar-refractivity contribution in [2.75, 3.05) is 43.4 Å². The van der Waals surface area contributed by atoms with Gasteiger partial charge in [0, 0.05) is 44.0 Å². The highest BCUT2D eigenvalue weighted by atomic mass is 35.5. The number of likely N-dealkylation sites (tertiary alicyclic amines) is 1. The van der Waals surface area contributed by atoms with E-state index in [9.17, 15) is 0 Å². The molecular formula is C19H26ClN3. The quantitative estimate of drug-likeness (QED) is 0.856. The Morgan fingerprint density at radius 1 is 1.26 bits per heavy atom. The zero-order valence-corrected chi connectivity index (χ0v) is 14.8. The zero-order valence-electron chi connectivity index (χ0n) is 14.0. The molecule has 3 nitrogen and oxygen atoms in total. The number of nitrogens with zero attached hydrogens (tertiary/aromatic N) is 2. The van der Waals surface area contributed by atoms with Crippen LogP contribution in [0.3, 0.4) is 0 Å². The van der Waals surface area contributed by atoms with Gasteiger partial charge in [0.1, 0.15) is 0 Å². The number of benzene rings is 1. The summed E-state index contributed by atoms with van der Waals surface area (Å²) in [6, 6.07) is 4.06. The predicted molar refractivity (Wildman–Crippen MR) is 98.9 cm³/mol. The molecule has 124 valence electrons. The zero-order chi connectivity index (χ0) is 16.1. The van der Waals surface area contributed by atoms with Crippen molar-refractivity contribution in [1.29, 1.82) is 0 Å². The summed E-state index contributed by atoms with van der Waals surface area (Å²) in [5.41, 5.74) is 9.21. The Balaban J connectivity index is 1.42. The number of hydrogen-bond donors (Lipinski definition) is 1. The monoisotopic (exact) mass is 331 g/mol. The summed E-state index contributed by atoms with van der Waals surface area (Å²) in [6.45, 7) is 10.6. The minimum atomic E-state index is 0.655. The van der Waals surface area contributed by atoms with Crippen LogP contribution in [-0.2, 0) is 0 Å². The fourth-order valence-electron chi connectivity index (χ4n) is 4.55. The van der Waals surface area contributed by atoms with Crippen LogP contribution in [0.2, 0.25) is 5.02 Å². The van der Waals surface area contributed by atoms with Crippen LogP contribution in [-0.4, -0.2) is 37.6 Å². The Labute approximate surface area is 144 Å². The summed E-state index contributed by atoms with van der Waals surface area (Å²) in [6.07, 6.45) is 4.32. The predicted octanol–water partition coefficient (Wildman–Crippen LogP) is 3.59. The molecule has 1 aromatic rings. The number of hydrogen-bond acceptors (Lipinski definition) is 3. The van der Waals surface area contributed by atoms with Gasteiger partial charge in [-0.25, -0.2) is 0 Å². The van der Waals surface area contributed by atoms with Crippen molar-refractivity contribution < 1.29 is 0 Å². The van der Waals surface area contributed by atoms with Crippen molar-refractivity contribution in [1.82, 2.24) is 4.90 Å². The van der Waals surface area contributed by atoms with E-state index in [1.807, 2.05) is 6.07 Å². The Kier molecular flexibility index (Phi) is 3.81. The third-order valence-corrected chi connectivity index (χ3v) is 5.99. The Bertz CT molecular complexity index is 628. The van der Waals surface area contributed by atoms with Gasteiger partial charge in [-0.2, -0.15) is 0 Å². The van der Waals surface area contributed by atoms with Crippen molar-refractivity contribution in [3.8, 4) is 0 Å². The largest absolute Gasteiger partial charge is 0.397 e. The highest BCUT2D eigenvalue weighted by molar-refractivity contribution is 6.33. The second-order valence-electron chi connectivity index (χ2n) is 7.81. The van der Waals surface area contributed by atoms with E-state index in [4.69, 9.17) is 17.3 Å². The molecule has 0 radical (unpaired) electrons. The molecule has 1 aromatic carbocycles. The van der Waals surface area contributed by atoms with E-state index in [0.29, 0.717) is 10.7 Å². The lowest BCUT2D eigenvalue weighted by Crippen LogP contribution is -2.33. The minimum Gasteiger partial charge on any atom is -0.397 e. The molecule has 2 heterocycles. The first-order valence-corrected chi connectivity index (χ1v) is 9.14. The summed E-state index contributed by atoms with van der Waals surface area (Å²) in [7, 11) is 0. The average Bonchev–Trinajstić information content (AvgIpc) is 2.95. The van der Waals surface area contributed by atoms with Crippen molar-refractivity contribution in [2.24, 2.45) is 23.7 Å². The van der Waals surface area contributed by atoms with Gasteiger partial charge in [0.25, 0.3) is 0 Å². The first-order chi connectivity index (χ1) is 11.0. The van der Waals surface area contributed by atoms with Gasteiger partial charge in [0.15, 0.2) is 0 Å². The average molecular weight is 332 g/mol. The molecule has 2 aliphatic heterocycles. The molecule has 3 aliphatic rings. The lowest BCUT2D eigenvalue weighted by molar-refractivity contribution is 0.256. The van der Waals surface area contributed by atoms with Crippen LogP contribution in [0.15, 0.2) is 18.2 Å². The summed E-state index contributed by atoms with van der Waals surface area (Å²) in [5, 5.41) is 0.655. The first kappa shape index (κ1) is 15.3. The summed E-state index contributed by atoms with van der Waals surface area (Å²) >= 11 is 6.16. The SMILES string of the molecule is CC(C)CN1CC2C(C1)C2CN1CC=Cc2c1ccc(Cl)c2N. The molecule has 2 fully saturated rings. The van der Waals surface area contributed by atoms with E-state index in [1.54, 1.807) is 0 Å². The Morgan fingerprint density at radius 3 is 2.70 bits per heavy atom. The van der Waals surface area contributed by atoms with Gasteiger partial charge < -0.3 is 15.5 Å². The molecule has 2 unspecified atom stereocenters. The topological polar surface area (TPSA) is 32.5 Å². The van der Waals surface area contributed by atoms with E-state index in [1.165, 1.54) is 25.3 Å². The first-order valence-electron chi connectivity index (χ1n) is 8.76. The van der Waals surface area contributed by atoms with Crippen LogP contribution in [0.25, 0.3) is 6.08 Å². The smallest absolute Gasteiger partial charge is 0.0643 e. The number of nitrogen functional groups attached to an aromatic ring is 1. The van der Waals surface area contributed by atoms with Crippen LogP contribution < -0.4 is 10.6 Å². The van der Waals surface area contributed by atoms with Gasteiger partial charge in [0.2, 0.25) is 0 Å². The third-order valence-electron chi connectivity index (χ3n) is 5.66. The maximum absolute atomic E-state index is 6.16. The van der Waals surface area contributed by atoms with Crippen molar-refractivity contribution >= 4 is 29.1 Å². The molecule has 1 saturated heterocycles. The molecule has 0 amide bonds. The number of fused-ring (bicyclic) bond motifs is 2. The second kappa shape index (κ2) is 5.71. The van der Waals surface area contributed by atoms with Crippen molar-refractivity contribution in [2.45, 2.75) is 13.8 Å². The van der Waals surface area contributed by atoms with E-state index in [2.05, 4.69) is 41.9 Å². The third kappa shape index (κ3) is 2.74. The van der Waals surface area contributed by atoms with E-state index >= 15 is 0 Å². The maximum Gasteiger partial charge on any atom is 0.0643 e. The molecule has 4 heteroatoms.